The van der Waals surface area contributed by atoms with Gasteiger partial charge >= 0.3 is 0 Å². The van der Waals surface area contributed by atoms with Crippen LogP contribution in [0.5, 0.6) is 0 Å². The lowest BCUT2D eigenvalue weighted by Gasteiger charge is -2.23. The molecule has 0 aliphatic rings. The van der Waals surface area contributed by atoms with E-state index in [9.17, 15) is 9.90 Å². The van der Waals surface area contributed by atoms with Crippen LogP contribution in [0.3, 0.4) is 0 Å². The van der Waals surface area contributed by atoms with Gasteiger partial charge in [0, 0.05) is 24.0 Å². The van der Waals surface area contributed by atoms with Gasteiger partial charge in [-0.1, -0.05) is 36.3 Å². The van der Waals surface area contributed by atoms with Crippen LogP contribution in [0, 0.1) is 19.3 Å². The molecule has 0 amide bonds. The van der Waals surface area contributed by atoms with Crippen LogP contribution in [0.25, 0.3) is 21.3 Å². The molecule has 3 rings (SSSR count). The second-order valence-corrected chi connectivity index (χ2v) is 7.87. The number of nitrogens with one attached hydrogen (secondary N) is 1. The minimum Gasteiger partial charge on any atom is -0.389 e. The highest BCUT2D eigenvalue weighted by Gasteiger charge is 2.17. The molecule has 0 aliphatic heterocycles. The standard InChI is InChI=1S/C23H25N3O3S/c1-4-10-26(12-17(27)14-29-11-5-2)13-20-24-22(28)21-19(15-30-23(21)25-20)18-9-7-6-8-16(18)3/h2,4,6-9,15,17,27H,1,10-14H2,3H3,(H,24,25,28). The van der Waals surface area contributed by atoms with Crippen LogP contribution < -0.4 is 5.56 Å². The van der Waals surface area contributed by atoms with Gasteiger partial charge in [-0.3, -0.25) is 9.69 Å². The molecule has 1 atom stereocenters. The summed E-state index contributed by atoms with van der Waals surface area (Å²) in [5, 5.41) is 12.8. The quantitative estimate of drug-likeness (QED) is 0.298. The lowest BCUT2D eigenvalue weighted by molar-refractivity contribution is 0.0281. The molecular formula is C23H25N3O3S. The predicted molar refractivity (Wildman–Crippen MR) is 122 cm³/mol. The second-order valence-electron chi connectivity index (χ2n) is 7.01. The predicted octanol–water partition coefficient (Wildman–Crippen LogP) is 2.96. The highest BCUT2D eigenvalue weighted by Crippen LogP contribution is 2.32. The molecule has 3 aromatic rings. The summed E-state index contributed by atoms with van der Waals surface area (Å²) in [7, 11) is 0. The average molecular weight is 424 g/mol. The molecule has 0 radical (unpaired) electrons. The fourth-order valence-corrected chi connectivity index (χ4v) is 4.30. The number of aliphatic hydroxyl groups excluding tert-OH is 1. The first-order valence-corrected chi connectivity index (χ1v) is 10.5. The number of aryl methyl sites for hydroxylation is 1. The Morgan fingerprint density at radius 1 is 1.43 bits per heavy atom. The lowest BCUT2D eigenvalue weighted by Crippen LogP contribution is -2.35. The van der Waals surface area contributed by atoms with Crippen molar-refractivity contribution < 1.29 is 9.84 Å². The summed E-state index contributed by atoms with van der Waals surface area (Å²) in [5.74, 6) is 2.92. The van der Waals surface area contributed by atoms with Crippen molar-refractivity contribution in [2.45, 2.75) is 19.6 Å². The maximum atomic E-state index is 12.9. The fourth-order valence-electron chi connectivity index (χ4n) is 3.34. The summed E-state index contributed by atoms with van der Waals surface area (Å²) >= 11 is 1.46. The molecule has 0 saturated heterocycles. The summed E-state index contributed by atoms with van der Waals surface area (Å²) in [6.45, 7) is 7.35. The molecule has 30 heavy (non-hydrogen) atoms. The van der Waals surface area contributed by atoms with Gasteiger partial charge in [-0.2, -0.15) is 0 Å². The van der Waals surface area contributed by atoms with Crippen molar-refractivity contribution in [3.8, 4) is 23.5 Å². The molecule has 2 heterocycles. The number of hydrogen-bond donors (Lipinski definition) is 2. The molecule has 1 unspecified atom stereocenters. The molecule has 0 saturated carbocycles. The number of aromatic amines is 1. The van der Waals surface area contributed by atoms with Gasteiger partial charge in [0.2, 0.25) is 0 Å². The topological polar surface area (TPSA) is 78.5 Å². The van der Waals surface area contributed by atoms with E-state index in [2.05, 4.69) is 22.5 Å². The number of hydrogen-bond acceptors (Lipinski definition) is 6. The average Bonchev–Trinajstić information content (AvgIpc) is 3.13. The first-order valence-electron chi connectivity index (χ1n) is 9.62. The Bertz CT molecular complexity index is 1110. The molecule has 1 aromatic carbocycles. The number of fused-ring (bicyclic) bond motifs is 1. The van der Waals surface area contributed by atoms with Crippen LogP contribution in [0.1, 0.15) is 11.4 Å². The Labute approximate surface area is 179 Å². The highest BCUT2D eigenvalue weighted by molar-refractivity contribution is 7.17. The summed E-state index contributed by atoms with van der Waals surface area (Å²) in [4.78, 5) is 23.1. The minimum atomic E-state index is -0.705. The van der Waals surface area contributed by atoms with Crippen molar-refractivity contribution in [1.29, 1.82) is 0 Å². The number of ether oxygens (including phenoxy) is 1. The summed E-state index contributed by atoms with van der Waals surface area (Å²) in [5.41, 5.74) is 2.88. The molecule has 6 nitrogen and oxygen atoms in total. The number of rotatable bonds is 10. The zero-order chi connectivity index (χ0) is 21.5. The van der Waals surface area contributed by atoms with Gasteiger partial charge in [0.15, 0.2) is 0 Å². The molecule has 156 valence electrons. The third-order valence-electron chi connectivity index (χ3n) is 4.65. The van der Waals surface area contributed by atoms with Crippen LogP contribution in [0.2, 0.25) is 0 Å². The number of H-pyrrole nitrogens is 1. The third-order valence-corrected chi connectivity index (χ3v) is 5.53. The van der Waals surface area contributed by atoms with Gasteiger partial charge in [-0.05, 0) is 18.1 Å². The van der Waals surface area contributed by atoms with E-state index >= 15 is 0 Å². The largest absolute Gasteiger partial charge is 0.389 e. The fraction of sp³-hybridized carbons (Fsp3) is 0.304. The summed E-state index contributed by atoms with van der Waals surface area (Å²) in [6.07, 6.45) is 6.19. The van der Waals surface area contributed by atoms with Crippen LogP contribution in [-0.4, -0.2) is 52.4 Å². The lowest BCUT2D eigenvalue weighted by atomic mass is 10.0. The van der Waals surface area contributed by atoms with E-state index in [0.29, 0.717) is 35.7 Å². The van der Waals surface area contributed by atoms with E-state index in [4.69, 9.17) is 11.2 Å². The van der Waals surface area contributed by atoms with Gasteiger partial charge in [0.25, 0.3) is 5.56 Å². The molecule has 2 aromatic heterocycles. The Morgan fingerprint density at radius 2 is 2.23 bits per heavy atom. The minimum absolute atomic E-state index is 0.144. The van der Waals surface area contributed by atoms with Crippen LogP contribution >= 0.6 is 11.3 Å². The Morgan fingerprint density at radius 3 is 2.97 bits per heavy atom. The van der Waals surface area contributed by atoms with Crippen molar-refractivity contribution in [2.24, 2.45) is 0 Å². The van der Waals surface area contributed by atoms with Gasteiger partial charge in [-0.15, -0.1) is 24.3 Å². The first-order chi connectivity index (χ1) is 14.5. The molecular weight excluding hydrogens is 398 g/mol. The Balaban J connectivity index is 1.82. The first kappa shape index (κ1) is 21.9. The van der Waals surface area contributed by atoms with Gasteiger partial charge in [-0.25, -0.2) is 4.98 Å². The van der Waals surface area contributed by atoms with E-state index in [0.717, 1.165) is 16.7 Å². The zero-order valence-corrected chi connectivity index (χ0v) is 17.7. The van der Waals surface area contributed by atoms with Crippen molar-refractivity contribution in [2.75, 3.05) is 26.3 Å². The van der Waals surface area contributed by atoms with Gasteiger partial charge in [0.05, 0.1) is 24.6 Å². The number of aromatic nitrogens is 2. The highest BCUT2D eigenvalue weighted by atomic mass is 32.1. The van der Waals surface area contributed by atoms with Crippen molar-refractivity contribution in [3.63, 3.8) is 0 Å². The van der Waals surface area contributed by atoms with Crippen LogP contribution in [0.15, 0.2) is 47.1 Å². The summed E-state index contributed by atoms with van der Waals surface area (Å²) in [6, 6.07) is 7.99. The smallest absolute Gasteiger partial charge is 0.260 e. The third kappa shape index (κ3) is 5.23. The SMILES string of the molecule is C#CCOCC(O)CN(CC=C)Cc1nc2scc(-c3ccccc3C)c2c(=O)[nH]1. The van der Waals surface area contributed by atoms with Gasteiger partial charge < -0.3 is 14.8 Å². The molecule has 2 N–H and O–H groups in total. The van der Waals surface area contributed by atoms with E-state index in [1.807, 2.05) is 41.5 Å². The van der Waals surface area contributed by atoms with E-state index in [1.165, 1.54) is 11.3 Å². The van der Waals surface area contributed by atoms with E-state index in [-0.39, 0.29) is 18.8 Å². The second kappa shape index (κ2) is 10.3. The zero-order valence-electron chi connectivity index (χ0n) is 16.9. The number of benzene rings is 1. The number of terminal acetylenes is 1. The van der Waals surface area contributed by atoms with Crippen molar-refractivity contribution in [3.05, 3.63) is 64.0 Å². The Kier molecular flexibility index (Phi) is 7.55. The van der Waals surface area contributed by atoms with Crippen molar-refractivity contribution in [1.82, 2.24) is 14.9 Å². The Hall–Kier alpha value is -2.76. The maximum absolute atomic E-state index is 12.9. The molecule has 7 heteroatoms. The molecule has 0 spiro atoms. The molecule has 0 bridgehead atoms. The summed E-state index contributed by atoms with van der Waals surface area (Å²) < 4.78 is 5.19. The number of thiophene rings is 1. The van der Waals surface area contributed by atoms with Crippen LogP contribution in [0.4, 0.5) is 0 Å². The van der Waals surface area contributed by atoms with E-state index in [1.54, 1.807) is 6.08 Å². The van der Waals surface area contributed by atoms with E-state index < -0.39 is 6.10 Å². The maximum Gasteiger partial charge on any atom is 0.260 e. The molecule has 0 fully saturated rings. The number of aliphatic hydroxyl groups is 1. The normalized spacial score (nSPS) is 12.2. The van der Waals surface area contributed by atoms with Crippen LogP contribution in [-0.2, 0) is 11.3 Å². The molecule has 0 aliphatic carbocycles. The number of nitrogens with zero attached hydrogens (tertiary/aromatic N) is 2. The van der Waals surface area contributed by atoms with Crippen molar-refractivity contribution >= 4 is 21.6 Å². The monoisotopic (exact) mass is 423 g/mol. The van der Waals surface area contributed by atoms with Gasteiger partial charge in [0.1, 0.15) is 17.3 Å².